The fourth-order valence-corrected chi connectivity index (χ4v) is 1.27. The zero-order valence-corrected chi connectivity index (χ0v) is 9.29. The number of benzene rings is 1. The smallest absolute Gasteiger partial charge is 0.419 e. The number of hydrogen-bond acceptors (Lipinski definition) is 2. The zero-order chi connectivity index (χ0) is 13.9. The molecule has 0 heterocycles. The summed E-state index contributed by atoms with van der Waals surface area (Å²) in [4.78, 5) is 10.6. The Balaban J connectivity index is 2.95. The quantitative estimate of drug-likeness (QED) is 0.852. The number of aliphatic carboxylic acids is 1. The highest BCUT2D eigenvalue weighted by atomic mass is 19.4. The second-order valence-corrected chi connectivity index (χ2v) is 3.49. The van der Waals surface area contributed by atoms with E-state index in [9.17, 15) is 22.4 Å². The molecule has 0 aliphatic carbocycles. The first kappa shape index (κ1) is 14.3. The van der Waals surface area contributed by atoms with Gasteiger partial charge in [0.05, 0.1) is 5.56 Å². The highest BCUT2D eigenvalue weighted by Crippen LogP contribution is 2.33. The number of hydrogen-bond donors (Lipinski definition) is 1. The summed E-state index contributed by atoms with van der Waals surface area (Å²) in [5, 5.41) is 8.69. The summed E-state index contributed by atoms with van der Waals surface area (Å²) in [6.45, 7) is 1.53. The van der Waals surface area contributed by atoms with E-state index in [1.54, 1.807) is 0 Å². The molecule has 100 valence electrons. The first-order valence-corrected chi connectivity index (χ1v) is 5.02. The van der Waals surface area contributed by atoms with Crippen molar-refractivity contribution in [2.75, 3.05) is 0 Å². The van der Waals surface area contributed by atoms with Crippen molar-refractivity contribution in [3.63, 3.8) is 0 Å². The Bertz CT molecular complexity index is 442. The molecule has 7 heteroatoms. The molecule has 18 heavy (non-hydrogen) atoms. The maximum Gasteiger partial charge on any atom is 0.419 e. The van der Waals surface area contributed by atoms with Crippen molar-refractivity contribution in [1.29, 1.82) is 0 Å². The summed E-state index contributed by atoms with van der Waals surface area (Å²) in [7, 11) is 0. The maximum atomic E-state index is 13.2. The van der Waals surface area contributed by atoms with Gasteiger partial charge in [0.2, 0.25) is 0 Å². The van der Waals surface area contributed by atoms with Crippen LogP contribution in [-0.2, 0) is 11.0 Å². The molecule has 1 rings (SSSR count). The largest absolute Gasteiger partial charge is 0.479 e. The monoisotopic (exact) mass is 266 g/mol. The first-order chi connectivity index (χ1) is 8.25. The molecule has 0 bridgehead atoms. The third-order valence-corrected chi connectivity index (χ3v) is 2.17. The normalized spacial score (nSPS) is 13.2. The zero-order valence-electron chi connectivity index (χ0n) is 9.29. The molecule has 1 unspecified atom stereocenters. The molecule has 1 atom stereocenters. The van der Waals surface area contributed by atoms with E-state index in [1.165, 1.54) is 6.92 Å². The summed E-state index contributed by atoms with van der Waals surface area (Å²) in [6, 6.07) is 1.92. The molecule has 0 aliphatic heterocycles. The van der Waals surface area contributed by atoms with Crippen LogP contribution in [0.1, 0.15) is 18.9 Å². The molecular weight excluding hydrogens is 256 g/mol. The van der Waals surface area contributed by atoms with Gasteiger partial charge in [-0.05, 0) is 18.6 Å². The van der Waals surface area contributed by atoms with Gasteiger partial charge in [-0.1, -0.05) is 6.92 Å². The predicted octanol–water partition coefficient (Wildman–Crippen LogP) is 3.09. The number of alkyl halides is 3. The van der Waals surface area contributed by atoms with Gasteiger partial charge in [-0.25, -0.2) is 9.18 Å². The van der Waals surface area contributed by atoms with Crippen LogP contribution in [0.3, 0.4) is 0 Å². The predicted molar refractivity (Wildman–Crippen MR) is 53.7 cm³/mol. The van der Waals surface area contributed by atoms with Crippen LogP contribution in [-0.4, -0.2) is 17.2 Å². The molecule has 0 radical (unpaired) electrons. The second-order valence-electron chi connectivity index (χ2n) is 3.49. The van der Waals surface area contributed by atoms with E-state index in [1.807, 2.05) is 0 Å². The SMILES string of the molecule is CCC(Oc1ccc(C(F)(F)F)c(F)c1)C(=O)O. The van der Waals surface area contributed by atoms with Crippen LogP contribution in [0.25, 0.3) is 0 Å². The minimum Gasteiger partial charge on any atom is -0.479 e. The number of rotatable bonds is 4. The van der Waals surface area contributed by atoms with Gasteiger partial charge < -0.3 is 9.84 Å². The number of ether oxygens (including phenoxy) is 1. The van der Waals surface area contributed by atoms with Crippen LogP contribution < -0.4 is 4.74 Å². The number of halogens is 4. The van der Waals surface area contributed by atoms with Crippen molar-refractivity contribution in [2.45, 2.75) is 25.6 Å². The fraction of sp³-hybridized carbons (Fsp3) is 0.364. The van der Waals surface area contributed by atoms with Crippen molar-refractivity contribution in [3.8, 4) is 5.75 Å². The van der Waals surface area contributed by atoms with E-state index in [0.717, 1.165) is 6.07 Å². The molecule has 0 fully saturated rings. The molecular formula is C11H10F4O3. The lowest BCUT2D eigenvalue weighted by Gasteiger charge is -2.14. The highest BCUT2D eigenvalue weighted by molar-refractivity contribution is 5.72. The van der Waals surface area contributed by atoms with Crippen LogP contribution in [0.5, 0.6) is 5.75 Å². The van der Waals surface area contributed by atoms with E-state index in [4.69, 9.17) is 9.84 Å². The maximum absolute atomic E-state index is 13.2. The lowest BCUT2D eigenvalue weighted by Crippen LogP contribution is -2.26. The van der Waals surface area contributed by atoms with Crippen LogP contribution >= 0.6 is 0 Å². The van der Waals surface area contributed by atoms with Gasteiger partial charge >= 0.3 is 12.1 Å². The van der Waals surface area contributed by atoms with Gasteiger partial charge in [0.25, 0.3) is 0 Å². The van der Waals surface area contributed by atoms with Gasteiger partial charge in [0.1, 0.15) is 11.6 Å². The molecule has 0 aliphatic rings. The molecule has 1 N–H and O–H groups in total. The summed E-state index contributed by atoms with van der Waals surface area (Å²) in [6.07, 6.45) is -5.90. The minimum absolute atomic E-state index is 0.109. The van der Waals surface area contributed by atoms with Crippen molar-refractivity contribution >= 4 is 5.97 Å². The van der Waals surface area contributed by atoms with Crippen LogP contribution in [0, 0.1) is 5.82 Å². The number of carboxylic acids is 1. The molecule has 1 aromatic carbocycles. The third-order valence-electron chi connectivity index (χ3n) is 2.17. The van der Waals surface area contributed by atoms with Gasteiger partial charge in [0.15, 0.2) is 6.10 Å². The third kappa shape index (κ3) is 3.35. The summed E-state index contributed by atoms with van der Waals surface area (Å²) < 4.78 is 54.8. The Hall–Kier alpha value is -1.79. The average molecular weight is 266 g/mol. The van der Waals surface area contributed by atoms with Crippen molar-refractivity contribution in [1.82, 2.24) is 0 Å². The molecule has 1 aromatic rings. The van der Waals surface area contributed by atoms with Crippen LogP contribution in [0.4, 0.5) is 17.6 Å². The van der Waals surface area contributed by atoms with E-state index >= 15 is 0 Å². The molecule has 0 spiro atoms. The average Bonchev–Trinajstić information content (AvgIpc) is 2.23. The summed E-state index contributed by atoms with van der Waals surface area (Å²) >= 11 is 0. The Morgan fingerprint density at radius 1 is 1.44 bits per heavy atom. The second kappa shape index (κ2) is 5.24. The highest BCUT2D eigenvalue weighted by Gasteiger charge is 2.34. The van der Waals surface area contributed by atoms with Gasteiger partial charge in [-0.15, -0.1) is 0 Å². The van der Waals surface area contributed by atoms with Gasteiger partial charge in [-0.2, -0.15) is 13.2 Å². The number of carboxylic acid groups (broad SMARTS) is 1. The lowest BCUT2D eigenvalue weighted by molar-refractivity contribution is -0.145. The molecule has 3 nitrogen and oxygen atoms in total. The Kier molecular flexibility index (Phi) is 4.15. The summed E-state index contributed by atoms with van der Waals surface area (Å²) in [5.74, 6) is -3.02. The van der Waals surface area contributed by atoms with E-state index < -0.39 is 29.6 Å². The van der Waals surface area contributed by atoms with Gasteiger partial charge in [-0.3, -0.25) is 0 Å². The van der Waals surface area contributed by atoms with E-state index in [2.05, 4.69) is 0 Å². The van der Waals surface area contributed by atoms with E-state index in [0.29, 0.717) is 12.1 Å². The van der Waals surface area contributed by atoms with Crippen LogP contribution in [0.15, 0.2) is 18.2 Å². The molecule has 0 saturated carbocycles. The standard InChI is InChI=1S/C11H10F4O3/c1-2-9(10(16)17)18-6-3-4-7(8(12)5-6)11(13,14)15/h3-5,9H,2H2,1H3,(H,16,17). The van der Waals surface area contributed by atoms with Crippen LogP contribution in [0.2, 0.25) is 0 Å². The fourth-order valence-electron chi connectivity index (χ4n) is 1.27. The topological polar surface area (TPSA) is 46.5 Å². The van der Waals surface area contributed by atoms with Crippen molar-refractivity contribution in [2.24, 2.45) is 0 Å². The molecule has 0 aromatic heterocycles. The summed E-state index contributed by atoms with van der Waals surface area (Å²) in [5.41, 5.74) is -1.42. The Morgan fingerprint density at radius 3 is 2.44 bits per heavy atom. The molecule has 0 saturated heterocycles. The Labute approximate surface area is 100.0 Å². The minimum atomic E-state index is -4.79. The first-order valence-electron chi connectivity index (χ1n) is 5.02. The Morgan fingerprint density at radius 2 is 2.06 bits per heavy atom. The molecule has 0 amide bonds. The van der Waals surface area contributed by atoms with E-state index in [-0.39, 0.29) is 12.2 Å². The number of carbonyl (C=O) groups is 1. The lowest BCUT2D eigenvalue weighted by atomic mass is 10.2. The van der Waals surface area contributed by atoms with Gasteiger partial charge in [0, 0.05) is 6.07 Å². The van der Waals surface area contributed by atoms with Crippen molar-refractivity contribution in [3.05, 3.63) is 29.6 Å². The van der Waals surface area contributed by atoms with Crippen molar-refractivity contribution < 1.29 is 32.2 Å².